The molecule has 1 N–H and O–H groups in total. The van der Waals surface area contributed by atoms with Gasteiger partial charge in [0, 0.05) is 19.1 Å². The van der Waals surface area contributed by atoms with Gasteiger partial charge in [0.05, 0.1) is 5.25 Å². The summed E-state index contributed by atoms with van der Waals surface area (Å²) in [6, 6.07) is -0.00416. The predicted molar refractivity (Wildman–Crippen MR) is 75.9 cm³/mol. The molecule has 1 saturated carbocycles. The molecule has 0 radical (unpaired) electrons. The van der Waals surface area contributed by atoms with Crippen LogP contribution in [0.3, 0.4) is 0 Å². The van der Waals surface area contributed by atoms with Gasteiger partial charge in [0.2, 0.25) is 10.0 Å². The Kier molecular flexibility index (Phi) is 4.30. The number of nitrogens with zero attached hydrogens (tertiary/aromatic N) is 1. The second kappa shape index (κ2) is 5.52. The van der Waals surface area contributed by atoms with Crippen LogP contribution in [0.5, 0.6) is 0 Å². The molecular weight excluding hydrogens is 280 g/mol. The van der Waals surface area contributed by atoms with Crippen LogP contribution in [0, 0.1) is 0 Å². The summed E-state index contributed by atoms with van der Waals surface area (Å²) in [5.74, 6) is 0. The summed E-state index contributed by atoms with van der Waals surface area (Å²) >= 11 is 0. The van der Waals surface area contributed by atoms with E-state index in [1.54, 1.807) is 4.31 Å². The fraction of sp³-hybridized carbons (Fsp3) is 0.923. The molecule has 2 fully saturated rings. The van der Waals surface area contributed by atoms with Gasteiger partial charge in [-0.05, 0) is 46.5 Å². The maximum atomic E-state index is 12.1. The van der Waals surface area contributed by atoms with Crippen LogP contribution in [0.4, 0.5) is 4.79 Å². The van der Waals surface area contributed by atoms with Crippen molar-refractivity contribution in [2.24, 2.45) is 0 Å². The van der Waals surface area contributed by atoms with E-state index in [-0.39, 0.29) is 11.3 Å². The van der Waals surface area contributed by atoms with Crippen LogP contribution in [0.15, 0.2) is 0 Å². The number of carbonyl (C=O) groups excluding carboxylic acids is 1. The molecule has 2 rings (SSSR count). The Morgan fingerprint density at radius 2 is 1.70 bits per heavy atom. The molecule has 0 atom stereocenters. The van der Waals surface area contributed by atoms with Gasteiger partial charge in [0.1, 0.15) is 5.60 Å². The van der Waals surface area contributed by atoms with Crippen LogP contribution < -0.4 is 5.32 Å². The topological polar surface area (TPSA) is 75.7 Å². The fourth-order valence-corrected chi connectivity index (χ4v) is 4.18. The first kappa shape index (κ1) is 15.6. The lowest BCUT2D eigenvalue weighted by Crippen LogP contribution is -2.48. The highest BCUT2D eigenvalue weighted by Crippen LogP contribution is 2.32. The van der Waals surface area contributed by atoms with Gasteiger partial charge < -0.3 is 10.1 Å². The SMILES string of the molecule is CC(C)(C)OC(=O)NC1CCN(S(=O)(=O)C2CC2)CC1. The van der Waals surface area contributed by atoms with E-state index in [0.29, 0.717) is 25.9 Å². The van der Waals surface area contributed by atoms with Gasteiger partial charge >= 0.3 is 6.09 Å². The van der Waals surface area contributed by atoms with Crippen LogP contribution in [-0.2, 0) is 14.8 Å². The Morgan fingerprint density at radius 1 is 1.15 bits per heavy atom. The van der Waals surface area contributed by atoms with Crippen molar-refractivity contribution >= 4 is 16.1 Å². The minimum Gasteiger partial charge on any atom is -0.444 e. The number of hydrogen-bond donors (Lipinski definition) is 1. The van der Waals surface area contributed by atoms with Crippen molar-refractivity contribution in [2.45, 2.75) is 63.3 Å². The molecular formula is C13H24N2O4S. The van der Waals surface area contributed by atoms with Crippen molar-refractivity contribution in [3.8, 4) is 0 Å². The van der Waals surface area contributed by atoms with Crippen LogP contribution in [0.2, 0.25) is 0 Å². The molecule has 1 heterocycles. The monoisotopic (exact) mass is 304 g/mol. The molecule has 0 aromatic heterocycles. The van der Waals surface area contributed by atoms with E-state index in [9.17, 15) is 13.2 Å². The van der Waals surface area contributed by atoms with Crippen molar-refractivity contribution in [3.63, 3.8) is 0 Å². The van der Waals surface area contributed by atoms with Gasteiger partial charge in [-0.2, -0.15) is 0 Å². The van der Waals surface area contributed by atoms with E-state index in [2.05, 4.69) is 5.32 Å². The summed E-state index contributed by atoms with van der Waals surface area (Å²) in [7, 11) is -3.08. The van der Waals surface area contributed by atoms with E-state index < -0.39 is 21.7 Å². The lowest BCUT2D eigenvalue weighted by atomic mass is 10.1. The highest BCUT2D eigenvalue weighted by molar-refractivity contribution is 7.90. The number of alkyl carbamates (subject to hydrolysis) is 1. The molecule has 20 heavy (non-hydrogen) atoms. The molecule has 0 aromatic rings. The number of amides is 1. The molecule has 0 spiro atoms. The molecule has 7 heteroatoms. The minimum absolute atomic E-state index is 0.00416. The predicted octanol–water partition coefficient (Wildman–Crippen LogP) is 1.47. The summed E-state index contributed by atoms with van der Waals surface area (Å²) in [5, 5.41) is 2.65. The average molecular weight is 304 g/mol. The van der Waals surface area contributed by atoms with Crippen molar-refractivity contribution in [1.29, 1.82) is 0 Å². The lowest BCUT2D eigenvalue weighted by Gasteiger charge is -2.32. The molecule has 2 aliphatic rings. The lowest BCUT2D eigenvalue weighted by molar-refractivity contribution is 0.0489. The number of nitrogens with one attached hydrogen (secondary N) is 1. The standard InChI is InChI=1S/C13H24N2O4S/c1-13(2,3)19-12(16)14-10-6-8-15(9-7-10)20(17,18)11-4-5-11/h10-11H,4-9H2,1-3H3,(H,14,16). The van der Waals surface area contributed by atoms with Crippen LogP contribution in [0.1, 0.15) is 46.5 Å². The van der Waals surface area contributed by atoms with Gasteiger partial charge in [-0.1, -0.05) is 0 Å². The third-order valence-corrected chi connectivity index (χ3v) is 5.88. The fourth-order valence-electron chi connectivity index (χ4n) is 2.31. The molecule has 1 aliphatic heterocycles. The first-order valence-electron chi connectivity index (χ1n) is 7.17. The average Bonchev–Trinajstić information content (AvgIpc) is 3.10. The molecule has 1 saturated heterocycles. The summed E-state index contributed by atoms with van der Waals surface area (Å²) < 4.78 is 30.9. The first-order chi connectivity index (χ1) is 9.18. The van der Waals surface area contributed by atoms with E-state index in [4.69, 9.17) is 4.74 Å². The van der Waals surface area contributed by atoms with Crippen LogP contribution >= 0.6 is 0 Å². The summed E-state index contributed by atoms with van der Waals surface area (Å²) in [4.78, 5) is 11.7. The van der Waals surface area contributed by atoms with Gasteiger partial charge in [-0.15, -0.1) is 0 Å². The second-order valence-corrected chi connectivity index (χ2v) is 8.78. The quantitative estimate of drug-likeness (QED) is 0.856. The number of rotatable bonds is 3. The van der Waals surface area contributed by atoms with E-state index >= 15 is 0 Å². The highest BCUT2D eigenvalue weighted by atomic mass is 32.2. The first-order valence-corrected chi connectivity index (χ1v) is 8.67. The number of hydrogen-bond acceptors (Lipinski definition) is 4. The summed E-state index contributed by atoms with van der Waals surface area (Å²) in [6.45, 7) is 6.42. The van der Waals surface area contributed by atoms with Gasteiger partial charge in [-0.25, -0.2) is 17.5 Å². The molecule has 0 unspecified atom stereocenters. The maximum Gasteiger partial charge on any atom is 0.407 e. The van der Waals surface area contributed by atoms with Gasteiger partial charge in [-0.3, -0.25) is 0 Å². The van der Waals surface area contributed by atoms with Gasteiger partial charge in [0.15, 0.2) is 0 Å². The summed E-state index contributed by atoms with van der Waals surface area (Å²) in [5.41, 5.74) is -0.514. The zero-order chi connectivity index (χ0) is 15.0. The largest absolute Gasteiger partial charge is 0.444 e. The van der Waals surface area contributed by atoms with Crippen LogP contribution in [-0.4, -0.2) is 48.8 Å². The number of carbonyl (C=O) groups is 1. The maximum absolute atomic E-state index is 12.1. The minimum atomic E-state index is -3.08. The molecule has 6 nitrogen and oxygen atoms in total. The Morgan fingerprint density at radius 3 is 2.15 bits per heavy atom. The molecule has 0 bridgehead atoms. The number of sulfonamides is 1. The highest BCUT2D eigenvalue weighted by Gasteiger charge is 2.41. The molecule has 1 amide bonds. The van der Waals surface area contributed by atoms with Crippen molar-refractivity contribution in [2.75, 3.05) is 13.1 Å². The normalized spacial score (nSPS) is 22.6. The smallest absolute Gasteiger partial charge is 0.407 e. The van der Waals surface area contributed by atoms with E-state index in [0.717, 1.165) is 12.8 Å². The third-order valence-electron chi connectivity index (χ3n) is 3.48. The zero-order valence-electron chi connectivity index (χ0n) is 12.4. The summed E-state index contributed by atoms with van der Waals surface area (Å²) in [6.07, 6.45) is 2.44. The number of piperidine rings is 1. The Hall–Kier alpha value is -0.820. The van der Waals surface area contributed by atoms with Gasteiger partial charge in [0.25, 0.3) is 0 Å². The second-order valence-electron chi connectivity index (χ2n) is 6.56. The Labute approximate surface area is 120 Å². The van der Waals surface area contributed by atoms with Crippen LogP contribution in [0.25, 0.3) is 0 Å². The Bertz CT molecular complexity index is 457. The molecule has 116 valence electrons. The number of ether oxygens (including phenoxy) is 1. The zero-order valence-corrected chi connectivity index (χ0v) is 13.2. The van der Waals surface area contributed by atoms with E-state index in [1.165, 1.54) is 0 Å². The van der Waals surface area contributed by atoms with Crippen molar-refractivity contribution in [3.05, 3.63) is 0 Å². The van der Waals surface area contributed by atoms with E-state index in [1.807, 2.05) is 20.8 Å². The van der Waals surface area contributed by atoms with Crippen molar-refractivity contribution in [1.82, 2.24) is 9.62 Å². The molecule has 0 aromatic carbocycles. The molecule has 1 aliphatic carbocycles. The van der Waals surface area contributed by atoms with Crippen molar-refractivity contribution < 1.29 is 17.9 Å². The third kappa shape index (κ3) is 4.09. The Balaban J connectivity index is 1.78.